The Labute approximate surface area is 126 Å². The molecule has 21 heavy (non-hydrogen) atoms. The lowest BCUT2D eigenvalue weighted by Crippen LogP contribution is -2.33. The van der Waals surface area contributed by atoms with E-state index >= 15 is 0 Å². The van der Waals surface area contributed by atoms with Gasteiger partial charge in [0.25, 0.3) is 0 Å². The monoisotopic (exact) mass is 312 g/mol. The van der Waals surface area contributed by atoms with Crippen LogP contribution in [0.25, 0.3) is 0 Å². The summed E-state index contributed by atoms with van der Waals surface area (Å²) in [4.78, 5) is 0.310. The maximum atomic E-state index is 12.6. The molecule has 6 heteroatoms. The molecule has 1 saturated heterocycles. The van der Waals surface area contributed by atoms with Crippen LogP contribution in [0.3, 0.4) is 0 Å². The number of hydrogen-bond acceptors (Lipinski definition) is 4. The highest BCUT2D eigenvalue weighted by Crippen LogP contribution is 2.25. The fourth-order valence-corrected chi connectivity index (χ4v) is 4.10. The third-order valence-electron chi connectivity index (χ3n) is 4.02. The molecule has 3 N–H and O–H groups in total. The van der Waals surface area contributed by atoms with E-state index in [1.165, 1.54) is 4.31 Å². The van der Waals surface area contributed by atoms with E-state index in [1.807, 2.05) is 12.1 Å². The summed E-state index contributed by atoms with van der Waals surface area (Å²) < 4.78 is 26.8. The highest BCUT2D eigenvalue weighted by atomic mass is 32.2. The van der Waals surface area contributed by atoms with Crippen molar-refractivity contribution in [3.8, 4) is 0 Å². The van der Waals surface area contributed by atoms with Gasteiger partial charge in [-0.3, -0.25) is 0 Å². The Bertz CT molecular complexity index is 567. The quantitative estimate of drug-likeness (QED) is 0.872. The number of hydrogen-bond donors (Lipinski definition) is 2. The zero-order valence-electron chi connectivity index (χ0n) is 12.5. The van der Waals surface area contributed by atoms with Gasteiger partial charge < -0.3 is 10.8 Å². The second kappa shape index (κ2) is 6.44. The standard InChI is InChI=1S/C15H24N2O3S/c1-15(18)8-2-11-17(12-9-15)21(19,20)14-5-3-13(4-6-14)7-10-16/h3-6,18H,2,7-12,16H2,1H3. The molecule has 0 amide bonds. The lowest BCUT2D eigenvalue weighted by Gasteiger charge is -2.22. The van der Waals surface area contributed by atoms with E-state index in [9.17, 15) is 13.5 Å². The predicted molar refractivity (Wildman–Crippen MR) is 82.4 cm³/mol. The molecule has 1 atom stereocenters. The lowest BCUT2D eigenvalue weighted by molar-refractivity contribution is 0.0465. The molecule has 5 nitrogen and oxygen atoms in total. The molecule has 0 aliphatic carbocycles. The summed E-state index contributed by atoms with van der Waals surface area (Å²) in [7, 11) is -3.48. The molecule has 0 bridgehead atoms. The number of rotatable bonds is 4. The Morgan fingerprint density at radius 1 is 1.24 bits per heavy atom. The number of aliphatic hydroxyl groups is 1. The molecule has 0 radical (unpaired) electrons. The molecular weight excluding hydrogens is 288 g/mol. The van der Waals surface area contributed by atoms with Crippen molar-refractivity contribution in [3.63, 3.8) is 0 Å². The maximum absolute atomic E-state index is 12.6. The van der Waals surface area contributed by atoms with Crippen molar-refractivity contribution in [2.45, 2.75) is 43.1 Å². The van der Waals surface area contributed by atoms with E-state index in [2.05, 4.69) is 0 Å². The molecule has 1 fully saturated rings. The van der Waals surface area contributed by atoms with Gasteiger partial charge in [-0.2, -0.15) is 4.31 Å². The van der Waals surface area contributed by atoms with Gasteiger partial charge in [0.15, 0.2) is 0 Å². The minimum atomic E-state index is -3.48. The summed E-state index contributed by atoms with van der Waals surface area (Å²) in [6, 6.07) is 6.91. The van der Waals surface area contributed by atoms with Crippen molar-refractivity contribution in [1.29, 1.82) is 0 Å². The van der Waals surface area contributed by atoms with Gasteiger partial charge in [-0.05, 0) is 56.8 Å². The van der Waals surface area contributed by atoms with Crippen LogP contribution in [-0.2, 0) is 16.4 Å². The van der Waals surface area contributed by atoms with Crippen molar-refractivity contribution in [2.24, 2.45) is 5.73 Å². The molecule has 118 valence electrons. The summed E-state index contributed by atoms with van der Waals surface area (Å²) in [5.41, 5.74) is 5.76. The molecule has 1 aliphatic heterocycles. The SMILES string of the molecule is CC1(O)CCCN(S(=O)(=O)c2ccc(CCN)cc2)CC1. The zero-order valence-corrected chi connectivity index (χ0v) is 13.3. The summed E-state index contributed by atoms with van der Waals surface area (Å²) in [5, 5.41) is 10.1. The van der Waals surface area contributed by atoms with Gasteiger partial charge >= 0.3 is 0 Å². The van der Waals surface area contributed by atoms with Gasteiger partial charge in [-0.25, -0.2) is 8.42 Å². The minimum Gasteiger partial charge on any atom is -0.390 e. The second-order valence-corrected chi connectivity index (χ2v) is 7.88. The van der Waals surface area contributed by atoms with Crippen molar-refractivity contribution in [3.05, 3.63) is 29.8 Å². The normalized spacial score (nSPS) is 24.7. The van der Waals surface area contributed by atoms with E-state index in [-0.39, 0.29) is 0 Å². The molecular formula is C15H24N2O3S. The van der Waals surface area contributed by atoms with E-state index in [0.717, 1.165) is 12.0 Å². The van der Waals surface area contributed by atoms with Crippen LogP contribution in [0.5, 0.6) is 0 Å². The van der Waals surface area contributed by atoms with Crippen LogP contribution in [0.1, 0.15) is 31.7 Å². The molecule has 1 heterocycles. The average Bonchev–Trinajstić information content (AvgIpc) is 2.61. The molecule has 0 saturated carbocycles. The fraction of sp³-hybridized carbons (Fsp3) is 0.600. The lowest BCUT2D eigenvalue weighted by atomic mass is 9.98. The van der Waals surface area contributed by atoms with Gasteiger partial charge in [0.2, 0.25) is 10.0 Å². The molecule has 1 aliphatic rings. The van der Waals surface area contributed by atoms with Crippen LogP contribution in [0.4, 0.5) is 0 Å². The molecule has 1 aromatic carbocycles. The predicted octanol–water partition coefficient (Wildman–Crippen LogP) is 1.11. The summed E-state index contributed by atoms with van der Waals surface area (Å²) in [5.74, 6) is 0. The van der Waals surface area contributed by atoms with Crippen molar-refractivity contribution in [1.82, 2.24) is 4.31 Å². The first-order valence-corrected chi connectivity index (χ1v) is 8.81. The second-order valence-electron chi connectivity index (χ2n) is 5.94. The smallest absolute Gasteiger partial charge is 0.243 e. The third kappa shape index (κ3) is 4.03. The van der Waals surface area contributed by atoms with Crippen LogP contribution in [-0.4, -0.2) is 43.1 Å². The van der Waals surface area contributed by atoms with Gasteiger partial charge in [-0.1, -0.05) is 12.1 Å². The highest BCUT2D eigenvalue weighted by Gasteiger charge is 2.31. The maximum Gasteiger partial charge on any atom is 0.243 e. The molecule has 1 aromatic rings. The van der Waals surface area contributed by atoms with E-state index in [1.54, 1.807) is 19.1 Å². The average molecular weight is 312 g/mol. The Morgan fingerprint density at radius 3 is 2.52 bits per heavy atom. The van der Waals surface area contributed by atoms with Crippen molar-refractivity contribution in [2.75, 3.05) is 19.6 Å². The zero-order chi connectivity index (χ0) is 15.5. The molecule has 1 unspecified atom stereocenters. The van der Waals surface area contributed by atoms with Gasteiger partial charge in [0, 0.05) is 13.1 Å². The Morgan fingerprint density at radius 2 is 1.90 bits per heavy atom. The summed E-state index contributed by atoms with van der Waals surface area (Å²) >= 11 is 0. The van der Waals surface area contributed by atoms with Gasteiger partial charge in [0.1, 0.15) is 0 Å². The van der Waals surface area contributed by atoms with E-state index in [0.29, 0.717) is 43.8 Å². The number of sulfonamides is 1. The van der Waals surface area contributed by atoms with Crippen LogP contribution in [0.2, 0.25) is 0 Å². The largest absolute Gasteiger partial charge is 0.390 e. The van der Waals surface area contributed by atoms with E-state index < -0.39 is 15.6 Å². The Kier molecular flexibility index (Phi) is 5.03. The fourth-order valence-electron chi connectivity index (χ4n) is 2.62. The van der Waals surface area contributed by atoms with E-state index in [4.69, 9.17) is 5.73 Å². The Balaban J connectivity index is 2.17. The molecule has 0 aromatic heterocycles. The van der Waals surface area contributed by atoms with Crippen molar-refractivity contribution < 1.29 is 13.5 Å². The number of nitrogens with zero attached hydrogens (tertiary/aromatic N) is 1. The molecule has 2 rings (SSSR count). The summed E-state index contributed by atoms with van der Waals surface area (Å²) in [6.45, 7) is 3.14. The number of benzene rings is 1. The highest BCUT2D eigenvalue weighted by molar-refractivity contribution is 7.89. The number of nitrogens with two attached hydrogens (primary N) is 1. The van der Waals surface area contributed by atoms with Crippen molar-refractivity contribution >= 4 is 10.0 Å². The molecule has 0 spiro atoms. The first kappa shape index (κ1) is 16.4. The third-order valence-corrected chi connectivity index (χ3v) is 5.93. The van der Waals surface area contributed by atoms with Crippen LogP contribution < -0.4 is 5.73 Å². The minimum absolute atomic E-state index is 0.310. The van der Waals surface area contributed by atoms with Crippen LogP contribution in [0.15, 0.2) is 29.2 Å². The topological polar surface area (TPSA) is 83.6 Å². The van der Waals surface area contributed by atoms with Crippen LogP contribution in [0, 0.1) is 0 Å². The Hall–Kier alpha value is -0.950. The first-order valence-electron chi connectivity index (χ1n) is 7.37. The first-order chi connectivity index (χ1) is 9.85. The van der Waals surface area contributed by atoms with Crippen LogP contribution >= 0.6 is 0 Å². The summed E-state index contributed by atoms with van der Waals surface area (Å²) in [6.07, 6.45) is 2.52. The van der Waals surface area contributed by atoms with Gasteiger partial charge in [-0.15, -0.1) is 0 Å². The van der Waals surface area contributed by atoms with Gasteiger partial charge in [0.05, 0.1) is 10.5 Å².